The highest BCUT2D eigenvalue weighted by Crippen LogP contribution is 2.28. The Hall–Kier alpha value is -1.10. The third kappa shape index (κ3) is 3.47. The number of hydrogen-bond acceptors (Lipinski definition) is 3. The van der Waals surface area contributed by atoms with Crippen molar-refractivity contribution in [2.45, 2.75) is 51.1 Å². The maximum absolute atomic E-state index is 12.3. The summed E-state index contributed by atoms with van der Waals surface area (Å²) in [5.74, 6) is 0.826. The molecule has 0 aromatic heterocycles. The number of carbonyl (C=O) groups is 2. The van der Waals surface area contributed by atoms with Crippen LogP contribution in [-0.4, -0.2) is 42.4 Å². The number of piperidine rings is 1. The maximum Gasteiger partial charge on any atom is 0.223 e. The Labute approximate surface area is 114 Å². The lowest BCUT2D eigenvalue weighted by atomic mass is 9.79. The molecule has 2 aliphatic rings. The molecule has 2 fully saturated rings. The lowest BCUT2D eigenvalue weighted by Crippen LogP contribution is -2.50. The van der Waals surface area contributed by atoms with Crippen LogP contribution in [0.5, 0.6) is 0 Å². The van der Waals surface area contributed by atoms with Gasteiger partial charge in [0.25, 0.3) is 0 Å². The molecule has 0 bridgehead atoms. The van der Waals surface area contributed by atoms with Gasteiger partial charge in [-0.3, -0.25) is 9.59 Å². The molecule has 5 heteroatoms. The van der Waals surface area contributed by atoms with E-state index in [1.807, 2.05) is 0 Å². The van der Waals surface area contributed by atoms with Gasteiger partial charge in [-0.05, 0) is 31.6 Å². The van der Waals surface area contributed by atoms with Gasteiger partial charge < -0.3 is 16.0 Å². The third-order valence-corrected chi connectivity index (χ3v) is 4.58. The van der Waals surface area contributed by atoms with E-state index in [1.54, 1.807) is 11.9 Å². The van der Waals surface area contributed by atoms with Crippen molar-refractivity contribution in [1.82, 2.24) is 10.2 Å². The lowest BCUT2D eigenvalue weighted by molar-refractivity contribution is -0.135. The smallest absolute Gasteiger partial charge is 0.223 e. The second-order valence-corrected chi connectivity index (χ2v) is 6.17. The Morgan fingerprint density at radius 3 is 2.74 bits per heavy atom. The molecule has 1 heterocycles. The molecule has 108 valence electrons. The largest absolute Gasteiger partial charge is 0.351 e. The quantitative estimate of drug-likeness (QED) is 0.764. The fourth-order valence-corrected chi connectivity index (χ4v) is 3.11. The molecule has 1 saturated heterocycles. The van der Waals surface area contributed by atoms with E-state index in [9.17, 15) is 9.59 Å². The molecule has 0 aromatic rings. The molecule has 0 aromatic carbocycles. The molecule has 4 atom stereocenters. The van der Waals surface area contributed by atoms with Crippen LogP contribution in [0.25, 0.3) is 0 Å². The summed E-state index contributed by atoms with van der Waals surface area (Å²) in [6.07, 6.45) is 4.00. The first-order chi connectivity index (χ1) is 8.97. The van der Waals surface area contributed by atoms with E-state index in [0.717, 1.165) is 25.7 Å². The van der Waals surface area contributed by atoms with Gasteiger partial charge in [-0.25, -0.2) is 0 Å². The molecular formula is C14H25N3O2. The van der Waals surface area contributed by atoms with Crippen molar-refractivity contribution < 1.29 is 9.59 Å². The summed E-state index contributed by atoms with van der Waals surface area (Å²) < 4.78 is 0. The van der Waals surface area contributed by atoms with Crippen LogP contribution >= 0.6 is 0 Å². The molecule has 4 unspecified atom stereocenters. The average Bonchev–Trinajstić information content (AvgIpc) is 2.37. The van der Waals surface area contributed by atoms with Crippen LogP contribution in [0.4, 0.5) is 0 Å². The predicted molar refractivity (Wildman–Crippen MR) is 73.3 cm³/mol. The topological polar surface area (TPSA) is 75.4 Å². The van der Waals surface area contributed by atoms with E-state index >= 15 is 0 Å². The average molecular weight is 267 g/mol. The number of nitrogens with one attached hydrogen (secondary N) is 1. The molecule has 2 rings (SSSR count). The van der Waals surface area contributed by atoms with Gasteiger partial charge in [0, 0.05) is 38.0 Å². The molecule has 0 radical (unpaired) electrons. The molecular weight excluding hydrogens is 242 g/mol. The number of nitrogens with two attached hydrogens (primary N) is 1. The summed E-state index contributed by atoms with van der Waals surface area (Å²) in [7, 11) is 1.79. The molecule has 5 nitrogen and oxygen atoms in total. The number of likely N-dealkylation sites (tertiary alicyclic amines) is 1. The number of carbonyl (C=O) groups excluding carboxylic acids is 2. The van der Waals surface area contributed by atoms with Crippen LogP contribution < -0.4 is 11.1 Å². The standard InChI is InChI=1S/C14H25N3O2/c1-9-7-10(3-5-12(9)15)14(19)16-11-4-6-13(18)17(2)8-11/h9-12H,3-8,15H2,1-2H3,(H,16,19). The zero-order chi connectivity index (χ0) is 14.0. The Bertz CT molecular complexity index is 359. The highest BCUT2D eigenvalue weighted by molar-refractivity contribution is 5.80. The molecule has 1 aliphatic carbocycles. The normalized spacial score (nSPS) is 36.2. The van der Waals surface area contributed by atoms with Gasteiger partial charge in [-0.2, -0.15) is 0 Å². The van der Waals surface area contributed by atoms with Gasteiger partial charge in [-0.1, -0.05) is 6.92 Å². The Morgan fingerprint density at radius 1 is 1.37 bits per heavy atom. The maximum atomic E-state index is 12.3. The second kappa shape index (κ2) is 5.90. The summed E-state index contributed by atoms with van der Waals surface area (Å²) >= 11 is 0. The molecule has 0 spiro atoms. The van der Waals surface area contributed by atoms with Gasteiger partial charge >= 0.3 is 0 Å². The Balaban J connectivity index is 1.83. The monoisotopic (exact) mass is 267 g/mol. The van der Waals surface area contributed by atoms with Gasteiger partial charge in [0.05, 0.1) is 0 Å². The zero-order valence-corrected chi connectivity index (χ0v) is 11.9. The van der Waals surface area contributed by atoms with Crippen LogP contribution in [0, 0.1) is 11.8 Å². The lowest BCUT2D eigenvalue weighted by Gasteiger charge is -2.34. The van der Waals surface area contributed by atoms with Crippen molar-refractivity contribution in [3.8, 4) is 0 Å². The fraction of sp³-hybridized carbons (Fsp3) is 0.857. The molecule has 3 N–H and O–H groups in total. The van der Waals surface area contributed by atoms with Crippen molar-refractivity contribution in [2.75, 3.05) is 13.6 Å². The first-order valence-corrected chi connectivity index (χ1v) is 7.27. The summed E-state index contributed by atoms with van der Waals surface area (Å²) in [6, 6.07) is 0.351. The number of nitrogens with zero attached hydrogens (tertiary/aromatic N) is 1. The Kier molecular flexibility index (Phi) is 4.45. The SMILES string of the molecule is CC1CC(C(=O)NC2CCC(=O)N(C)C2)CCC1N. The van der Waals surface area contributed by atoms with Gasteiger partial charge in [-0.15, -0.1) is 0 Å². The minimum atomic E-state index is 0.0951. The van der Waals surface area contributed by atoms with Gasteiger partial charge in [0.15, 0.2) is 0 Å². The number of likely N-dealkylation sites (N-methyl/N-ethyl adjacent to an activating group) is 1. The number of hydrogen-bond donors (Lipinski definition) is 2. The van der Waals surface area contributed by atoms with Crippen LogP contribution in [0.2, 0.25) is 0 Å². The van der Waals surface area contributed by atoms with Gasteiger partial charge in [0.2, 0.25) is 11.8 Å². The third-order valence-electron chi connectivity index (χ3n) is 4.58. The fourth-order valence-electron chi connectivity index (χ4n) is 3.11. The van der Waals surface area contributed by atoms with Crippen molar-refractivity contribution in [2.24, 2.45) is 17.6 Å². The number of amides is 2. The predicted octanol–water partition coefficient (Wildman–Crippen LogP) is 0.487. The van der Waals surface area contributed by atoms with E-state index < -0.39 is 0 Å². The molecule has 19 heavy (non-hydrogen) atoms. The van der Waals surface area contributed by atoms with Gasteiger partial charge in [0.1, 0.15) is 0 Å². The highest BCUT2D eigenvalue weighted by atomic mass is 16.2. The first kappa shape index (κ1) is 14.3. The van der Waals surface area contributed by atoms with E-state index in [1.165, 1.54) is 0 Å². The van der Waals surface area contributed by atoms with Crippen LogP contribution in [0.15, 0.2) is 0 Å². The summed E-state index contributed by atoms with van der Waals surface area (Å²) in [5.41, 5.74) is 5.98. The van der Waals surface area contributed by atoms with Crippen molar-refractivity contribution >= 4 is 11.8 Å². The van der Waals surface area contributed by atoms with Crippen molar-refractivity contribution in [3.05, 3.63) is 0 Å². The molecule has 1 saturated carbocycles. The minimum Gasteiger partial charge on any atom is -0.351 e. The Morgan fingerprint density at radius 2 is 2.11 bits per heavy atom. The summed E-state index contributed by atoms with van der Waals surface area (Å²) in [6.45, 7) is 2.75. The highest BCUT2D eigenvalue weighted by Gasteiger charge is 2.31. The van der Waals surface area contributed by atoms with Crippen molar-refractivity contribution in [1.29, 1.82) is 0 Å². The van der Waals surface area contributed by atoms with Crippen molar-refractivity contribution in [3.63, 3.8) is 0 Å². The number of rotatable bonds is 2. The molecule has 2 amide bonds. The van der Waals surface area contributed by atoms with Crippen LogP contribution in [-0.2, 0) is 9.59 Å². The zero-order valence-electron chi connectivity index (χ0n) is 11.9. The van der Waals surface area contributed by atoms with E-state index in [-0.39, 0.29) is 29.8 Å². The first-order valence-electron chi connectivity index (χ1n) is 7.27. The second-order valence-electron chi connectivity index (χ2n) is 6.17. The summed E-state index contributed by atoms with van der Waals surface area (Å²) in [4.78, 5) is 25.4. The van der Waals surface area contributed by atoms with Crippen LogP contribution in [0.1, 0.15) is 39.0 Å². The van der Waals surface area contributed by atoms with E-state index in [0.29, 0.717) is 18.9 Å². The minimum absolute atomic E-state index is 0.0951. The van der Waals surface area contributed by atoms with Crippen LogP contribution in [0.3, 0.4) is 0 Å². The van der Waals surface area contributed by atoms with E-state index in [4.69, 9.17) is 5.73 Å². The van der Waals surface area contributed by atoms with E-state index in [2.05, 4.69) is 12.2 Å². The summed E-state index contributed by atoms with van der Waals surface area (Å²) in [5, 5.41) is 3.10. The molecule has 1 aliphatic heterocycles.